The molecule has 3 aromatic rings. The van der Waals surface area contributed by atoms with Crippen molar-refractivity contribution in [3.8, 4) is 0 Å². The minimum Gasteiger partial charge on any atom is -0.481 e. The zero-order chi connectivity index (χ0) is 24.0. The highest BCUT2D eigenvalue weighted by Crippen LogP contribution is 2.29. The normalized spacial score (nSPS) is 22.5. The Morgan fingerprint density at radius 3 is 2.62 bits per heavy atom. The molecule has 5 rings (SSSR count). The number of nitrogens with zero attached hydrogens (tertiary/aromatic N) is 2. The van der Waals surface area contributed by atoms with E-state index in [9.17, 15) is 19.5 Å². The molecule has 2 aromatic heterocycles. The number of fused-ring (bicyclic) bond motifs is 2. The fourth-order valence-electron chi connectivity index (χ4n) is 4.83. The molecule has 4 N–H and O–H groups in total. The highest BCUT2D eigenvalue weighted by atomic mass is 32.1. The van der Waals surface area contributed by atoms with Crippen molar-refractivity contribution >= 4 is 40.0 Å². The predicted octanol–water partition coefficient (Wildman–Crippen LogP) is 2.31. The first-order chi connectivity index (χ1) is 16.3. The first kappa shape index (κ1) is 22.5. The zero-order valence-corrected chi connectivity index (χ0v) is 19.9. The number of benzene rings is 1. The molecule has 10 heteroatoms. The Morgan fingerprint density at radius 2 is 1.88 bits per heavy atom. The number of H-pyrrole nitrogens is 1. The van der Waals surface area contributed by atoms with E-state index in [4.69, 9.17) is 0 Å². The number of carboxylic acids is 1. The maximum absolute atomic E-state index is 13.0. The Balaban J connectivity index is 1.31. The van der Waals surface area contributed by atoms with Gasteiger partial charge in [-0.25, -0.2) is 4.98 Å². The molecule has 0 spiro atoms. The van der Waals surface area contributed by atoms with Gasteiger partial charge in [-0.15, -0.1) is 11.3 Å². The van der Waals surface area contributed by atoms with Gasteiger partial charge in [0.25, 0.3) is 11.8 Å². The van der Waals surface area contributed by atoms with E-state index < -0.39 is 24.0 Å². The molecule has 0 saturated heterocycles. The van der Waals surface area contributed by atoms with Crippen LogP contribution >= 0.6 is 11.3 Å². The number of nitrogens with one attached hydrogen (secondary N) is 3. The second kappa shape index (κ2) is 8.84. The van der Waals surface area contributed by atoms with Crippen LogP contribution < -0.4 is 10.6 Å². The molecular weight excluding hydrogens is 454 g/mol. The minimum atomic E-state index is -0.926. The predicted molar refractivity (Wildman–Crippen MR) is 128 cm³/mol. The molecule has 3 heterocycles. The summed E-state index contributed by atoms with van der Waals surface area (Å²) in [7, 11) is 2.04. The van der Waals surface area contributed by atoms with Crippen molar-refractivity contribution in [2.75, 3.05) is 13.6 Å². The quantitative estimate of drug-likeness (QED) is 0.443. The lowest BCUT2D eigenvalue weighted by molar-refractivity contribution is -0.141. The lowest BCUT2D eigenvalue weighted by atomic mass is 10.1. The molecule has 0 bridgehead atoms. The van der Waals surface area contributed by atoms with Crippen molar-refractivity contribution in [2.45, 2.75) is 44.8 Å². The summed E-state index contributed by atoms with van der Waals surface area (Å²) in [5, 5.41) is 16.8. The van der Waals surface area contributed by atoms with E-state index in [1.807, 2.05) is 32.2 Å². The van der Waals surface area contributed by atoms with Crippen molar-refractivity contribution in [2.24, 2.45) is 5.92 Å². The molecule has 0 radical (unpaired) electrons. The molecule has 1 aromatic carbocycles. The number of aromatic nitrogens is 2. The van der Waals surface area contributed by atoms with E-state index in [1.165, 1.54) is 11.3 Å². The largest absolute Gasteiger partial charge is 0.481 e. The van der Waals surface area contributed by atoms with Crippen molar-refractivity contribution in [1.82, 2.24) is 25.5 Å². The number of hydrogen-bond acceptors (Lipinski definition) is 6. The molecule has 1 aliphatic heterocycles. The Morgan fingerprint density at radius 1 is 1.15 bits per heavy atom. The van der Waals surface area contributed by atoms with Gasteiger partial charge in [0.05, 0.1) is 23.7 Å². The SMILES string of the molecule is Cc1ccc2[nH]c(C(=O)N[C@@H]3CC(C(=O)O)C[C@H]3NC(=O)c3nc4c(s3)CN(C)CC4)cc2c1. The maximum atomic E-state index is 13.0. The Labute approximate surface area is 200 Å². The summed E-state index contributed by atoms with van der Waals surface area (Å²) in [4.78, 5) is 48.5. The van der Waals surface area contributed by atoms with E-state index in [0.29, 0.717) is 10.7 Å². The fraction of sp³-hybridized carbons (Fsp3) is 0.417. The highest BCUT2D eigenvalue weighted by Gasteiger charge is 2.40. The van der Waals surface area contributed by atoms with Crippen LogP contribution in [-0.2, 0) is 17.8 Å². The molecule has 34 heavy (non-hydrogen) atoms. The standard InChI is InChI=1S/C24H27N5O4S/c1-12-3-4-15-13(7-12)8-19(25-15)21(30)26-17-9-14(24(32)33)10-18(17)27-22(31)23-28-16-5-6-29(2)11-20(16)34-23/h3-4,7-8,14,17-18,25H,5-6,9-11H2,1-2H3,(H,26,30)(H,27,31)(H,32,33)/t14?,17-,18-/m1/s1. The zero-order valence-electron chi connectivity index (χ0n) is 19.1. The Kier molecular flexibility index (Phi) is 5.86. The molecule has 2 amide bonds. The molecular formula is C24H27N5O4S. The van der Waals surface area contributed by atoms with Crippen LogP contribution in [0.2, 0.25) is 0 Å². The van der Waals surface area contributed by atoms with Gasteiger partial charge in [-0.2, -0.15) is 0 Å². The lowest BCUT2D eigenvalue weighted by Crippen LogP contribution is -2.48. The number of rotatable bonds is 5. The third-order valence-corrected chi connectivity index (χ3v) is 7.76. The Bertz CT molecular complexity index is 1280. The number of aryl methyl sites for hydroxylation is 1. The molecule has 178 valence electrons. The number of likely N-dealkylation sites (N-methyl/N-ethyl adjacent to an activating group) is 1. The summed E-state index contributed by atoms with van der Waals surface area (Å²) < 4.78 is 0. The summed E-state index contributed by atoms with van der Waals surface area (Å²) in [5.74, 6) is -2.21. The monoisotopic (exact) mass is 481 g/mol. The van der Waals surface area contributed by atoms with Crippen LogP contribution in [0.4, 0.5) is 0 Å². The summed E-state index contributed by atoms with van der Waals surface area (Å²) in [5.41, 5.74) is 3.31. The smallest absolute Gasteiger partial charge is 0.306 e. The van der Waals surface area contributed by atoms with Gasteiger partial charge >= 0.3 is 5.97 Å². The number of thiazole rings is 1. The molecule has 9 nitrogen and oxygen atoms in total. The van der Waals surface area contributed by atoms with E-state index in [2.05, 4.69) is 25.5 Å². The summed E-state index contributed by atoms with van der Waals surface area (Å²) in [6, 6.07) is 6.68. The van der Waals surface area contributed by atoms with E-state index in [1.54, 1.807) is 6.07 Å². The molecule has 2 aliphatic rings. The van der Waals surface area contributed by atoms with Crippen LogP contribution in [0.15, 0.2) is 24.3 Å². The van der Waals surface area contributed by atoms with Crippen LogP contribution in [0.1, 0.15) is 49.3 Å². The molecule has 1 aliphatic carbocycles. The van der Waals surface area contributed by atoms with Crippen LogP contribution in [0.25, 0.3) is 10.9 Å². The molecule has 1 fully saturated rings. The average Bonchev–Trinajstić information content (AvgIpc) is 3.50. The molecule has 1 saturated carbocycles. The van der Waals surface area contributed by atoms with Gasteiger partial charge < -0.3 is 25.6 Å². The number of amides is 2. The minimum absolute atomic E-state index is 0.254. The van der Waals surface area contributed by atoms with E-state index in [-0.39, 0.29) is 24.7 Å². The third kappa shape index (κ3) is 4.43. The van der Waals surface area contributed by atoms with Crippen LogP contribution in [0.5, 0.6) is 0 Å². The topological polar surface area (TPSA) is 127 Å². The van der Waals surface area contributed by atoms with Gasteiger partial charge in [-0.1, -0.05) is 11.6 Å². The third-order valence-electron chi connectivity index (χ3n) is 6.68. The summed E-state index contributed by atoms with van der Waals surface area (Å²) >= 11 is 1.38. The van der Waals surface area contributed by atoms with Crippen molar-refractivity contribution < 1.29 is 19.5 Å². The van der Waals surface area contributed by atoms with Gasteiger partial charge in [0.1, 0.15) is 5.69 Å². The van der Waals surface area contributed by atoms with E-state index >= 15 is 0 Å². The van der Waals surface area contributed by atoms with Gasteiger partial charge in [-0.3, -0.25) is 14.4 Å². The first-order valence-electron chi connectivity index (χ1n) is 11.4. The molecule has 3 atom stereocenters. The number of aliphatic carboxylic acids is 1. The van der Waals surface area contributed by atoms with Crippen molar-refractivity contribution in [3.63, 3.8) is 0 Å². The van der Waals surface area contributed by atoms with Crippen LogP contribution in [-0.4, -0.2) is 63.4 Å². The second-order valence-electron chi connectivity index (χ2n) is 9.32. The van der Waals surface area contributed by atoms with Gasteiger partial charge in [-0.05, 0) is 45.0 Å². The summed E-state index contributed by atoms with van der Waals surface area (Å²) in [6.07, 6.45) is 1.32. The van der Waals surface area contributed by atoms with Gasteiger partial charge in [0, 0.05) is 35.3 Å². The lowest BCUT2D eigenvalue weighted by Gasteiger charge is -2.21. The van der Waals surface area contributed by atoms with Crippen molar-refractivity contribution in [1.29, 1.82) is 0 Å². The first-order valence-corrected chi connectivity index (χ1v) is 12.2. The average molecular weight is 482 g/mol. The Hall–Kier alpha value is -3.24. The van der Waals surface area contributed by atoms with Crippen molar-refractivity contribution in [3.05, 3.63) is 51.1 Å². The number of carbonyl (C=O) groups excluding carboxylic acids is 2. The number of carbonyl (C=O) groups is 3. The summed E-state index contributed by atoms with van der Waals surface area (Å²) in [6.45, 7) is 3.66. The second-order valence-corrected chi connectivity index (χ2v) is 10.4. The highest BCUT2D eigenvalue weighted by molar-refractivity contribution is 7.13. The van der Waals surface area contributed by atoms with Gasteiger partial charge in [0.2, 0.25) is 0 Å². The maximum Gasteiger partial charge on any atom is 0.306 e. The fourth-order valence-corrected chi connectivity index (χ4v) is 5.92. The molecule has 1 unspecified atom stereocenters. The number of hydrogen-bond donors (Lipinski definition) is 4. The number of aromatic amines is 1. The van der Waals surface area contributed by atoms with Crippen LogP contribution in [0.3, 0.4) is 0 Å². The number of carboxylic acid groups (broad SMARTS) is 1. The van der Waals surface area contributed by atoms with E-state index in [0.717, 1.165) is 46.5 Å². The van der Waals surface area contributed by atoms with Gasteiger partial charge in [0.15, 0.2) is 5.01 Å². The van der Waals surface area contributed by atoms with Crippen LogP contribution in [0, 0.1) is 12.8 Å².